The summed E-state index contributed by atoms with van der Waals surface area (Å²) in [7, 11) is 2.15. The van der Waals surface area contributed by atoms with Crippen LogP contribution in [0.15, 0.2) is 12.4 Å². The standard InChI is InChI=1S/C14H21N5O/c1-18-8-2-4-10(18)11-5-3-9-19(11)14(20)12-13(15)17-7-6-16-12/h6-7,10-11H,2-5,8-9H2,1H3,(H2,15,17)/t10-,11+/m0/s1. The molecule has 2 aliphatic rings. The Morgan fingerprint density at radius 2 is 1.90 bits per heavy atom. The van der Waals surface area contributed by atoms with E-state index in [0.29, 0.717) is 11.7 Å². The van der Waals surface area contributed by atoms with Gasteiger partial charge in [0.05, 0.1) is 0 Å². The molecule has 2 atom stereocenters. The van der Waals surface area contributed by atoms with Crippen LogP contribution in [0, 0.1) is 0 Å². The molecule has 1 aromatic heterocycles. The van der Waals surface area contributed by atoms with Crippen LogP contribution in [0.4, 0.5) is 5.82 Å². The molecule has 0 aromatic carbocycles. The largest absolute Gasteiger partial charge is 0.382 e. The zero-order chi connectivity index (χ0) is 14.1. The van der Waals surface area contributed by atoms with Crippen LogP contribution < -0.4 is 5.73 Å². The highest BCUT2D eigenvalue weighted by molar-refractivity contribution is 5.96. The minimum absolute atomic E-state index is 0.0709. The molecule has 2 N–H and O–H groups in total. The third-order valence-corrected chi connectivity index (χ3v) is 4.51. The summed E-state index contributed by atoms with van der Waals surface area (Å²) in [5, 5.41) is 0. The smallest absolute Gasteiger partial charge is 0.276 e. The van der Waals surface area contributed by atoms with E-state index < -0.39 is 0 Å². The third kappa shape index (κ3) is 2.24. The summed E-state index contributed by atoms with van der Waals surface area (Å²) < 4.78 is 0. The lowest BCUT2D eigenvalue weighted by molar-refractivity contribution is 0.0659. The lowest BCUT2D eigenvalue weighted by Gasteiger charge is -2.33. The second-order valence-corrected chi connectivity index (χ2v) is 5.69. The Labute approximate surface area is 119 Å². The molecule has 0 aliphatic carbocycles. The van der Waals surface area contributed by atoms with Gasteiger partial charge < -0.3 is 15.5 Å². The highest BCUT2D eigenvalue weighted by Crippen LogP contribution is 2.30. The van der Waals surface area contributed by atoms with Crippen molar-refractivity contribution in [2.75, 3.05) is 25.9 Å². The van der Waals surface area contributed by atoms with Crippen molar-refractivity contribution in [2.24, 2.45) is 0 Å². The van der Waals surface area contributed by atoms with E-state index in [9.17, 15) is 4.79 Å². The van der Waals surface area contributed by atoms with Gasteiger partial charge in [0.2, 0.25) is 0 Å². The van der Waals surface area contributed by atoms with Gasteiger partial charge in [-0.25, -0.2) is 9.97 Å². The van der Waals surface area contributed by atoms with E-state index in [2.05, 4.69) is 21.9 Å². The zero-order valence-electron chi connectivity index (χ0n) is 11.8. The van der Waals surface area contributed by atoms with E-state index in [-0.39, 0.29) is 17.8 Å². The Morgan fingerprint density at radius 3 is 2.60 bits per heavy atom. The Balaban J connectivity index is 1.82. The maximum atomic E-state index is 12.7. The van der Waals surface area contributed by atoms with Crippen molar-refractivity contribution in [1.29, 1.82) is 0 Å². The van der Waals surface area contributed by atoms with Crippen molar-refractivity contribution < 1.29 is 4.79 Å². The van der Waals surface area contributed by atoms with Gasteiger partial charge in [0.25, 0.3) is 5.91 Å². The monoisotopic (exact) mass is 275 g/mol. The van der Waals surface area contributed by atoms with Gasteiger partial charge in [0.1, 0.15) is 0 Å². The van der Waals surface area contributed by atoms with E-state index in [4.69, 9.17) is 5.73 Å². The molecule has 2 saturated heterocycles. The van der Waals surface area contributed by atoms with Crippen molar-refractivity contribution in [1.82, 2.24) is 19.8 Å². The zero-order valence-corrected chi connectivity index (χ0v) is 11.8. The summed E-state index contributed by atoms with van der Waals surface area (Å²) in [6, 6.07) is 0.760. The molecule has 0 spiro atoms. The molecule has 1 aromatic rings. The molecule has 3 heterocycles. The van der Waals surface area contributed by atoms with Crippen LogP contribution in [0.1, 0.15) is 36.2 Å². The number of nitrogens with two attached hydrogens (primary N) is 1. The first-order valence-electron chi connectivity index (χ1n) is 7.26. The van der Waals surface area contributed by atoms with Crippen molar-refractivity contribution in [3.63, 3.8) is 0 Å². The quantitative estimate of drug-likeness (QED) is 0.862. The number of carbonyl (C=O) groups is 1. The van der Waals surface area contributed by atoms with Crippen molar-refractivity contribution in [3.05, 3.63) is 18.1 Å². The molecule has 20 heavy (non-hydrogen) atoms. The molecule has 0 unspecified atom stereocenters. The molecule has 3 rings (SSSR count). The summed E-state index contributed by atoms with van der Waals surface area (Å²) in [5.74, 6) is 0.154. The second-order valence-electron chi connectivity index (χ2n) is 5.69. The summed E-state index contributed by atoms with van der Waals surface area (Å²) >= 11 is 0. The molecule has 108 valence electrons. The van der Waals surface area contributed by atoms with E-state index in [1.807, 2.05) is 4.90 Å². The Hall–Kier alpha value is -1.69. The lowest BCUT2D eigenvalue weighted by atomic mass is 10.0. The van der Waals surface area contributed by atoms with E-state index in [0.717, 1.165) is 25.9 Å². The molecule has 2 aliphatic heterocycles. The Morgan fingerprint density at radius 1 is 1.20 bits per heavy atom. The molecular formula is C14H21N5O. The minimum atomic E-state index is -0.0709. The number of nitrogens with zero attached hydrogens (tertiary/aromatic N) is 4. The fourth-order valence-corrected chi connectivity index (χ4v) is 3.52. The summed E-state index contributed by atoms with van der Waals surface area (Å²) in [6.45, 7) is 1.92. The molecule has 0 radical (unpaired) electrons. The highest BCUT2D eigenvalue weighted by Gasteiger charge is 2.39. The molecule has 6 nitrogen and oxygen atoms in total. The number of nitrogen functional groups attached to an aromatic ring is 1. The number of carbonyl (C=O) groups excluding carboxylic acids is 1. The van der Waals surface area contributed by atoms with Crippen LogP contribution in [0.25, 0.3) is 0 Å². The van der Waals surface area contributed by atoms with Crippen LogP contribution in [0.3, 0.4) is 0 Å². The predicted octanol–water partition coefficient (Wildman–Crippen LogP) is 0.758. The van der Waals surface area contributed by atoms with Gasteiger partial charge in [0.15, 0.2) is 11.5 Å². The number of likely N-dealkylation sites (tertiary alicyclic amines) is 2. The fourth-order valence-electron chi connectivity index (χ4n) is 3.52. The fraction of sp³-hybridized carbons (Fsp3) is 0.643. The van der Waals surface area contributed by atoms with Gasteiger partial charge >= 0.3 is 0 Å². The Bertz CT molecular complexity index is 506. The average Bonchev–Trinajstić information content (AvgIpc) is 3.06. The molecule has 0 bridgehead atoms. The summed E-state index contributed by atoms with van der Waals surface area (Å²) in [4.78, 5) is 25.1. The van der Waals surface area contributed by atoms with Crippen LogP contribution >= 0.6 is 0 Å². The summed E-state index contributed by atoms with van der Waals surface area (Å²) in [6.07, 6.45) is 7.55. The lowest BCUT2D eigenvalue weighted by Crippen LogP contribution is -2.47. The van der Waals surface area contributed by atoms with Gasteiger partial charge in [-0.1, -0.05) is 0 Å². The minimum Gasteiger partial charge on any atom is -0.382 e. The first-order valence-corrected chi connectivity index (χ1v) is 7.26. The van der Waals surface area contributed by atoms with E-state index in [1.54, 1.807) is 0 Å². The van der Waals surface area contributed by atoms with Crippen molar-refractivity contribution >= 4 is 11.7 Å². The van der Waals surface area contributed by atoms with Gasteiger partial charge in [-0.15, -0.1) is 0 Å². The van der Waals surface area contributed by atoms with Gasteiger partial charge in [0, 0.05) is 31.0 Å². The first-order chi connectivity index (χ1) is 9.68. The Kier molecular flexibility index (Phi) is 3.56. The molecule has 1 amide bonds. The predicted molar refractivity (Wildman–Crippen MR) is 76.2 cm³/mol. The van der Waals surface area contributed by atoms with Crippen molar-refractivity contribution in [3.8, 4) is 0 Å². The highest BCUT2D eigenvalue weighted by atomic mass is 16.2. The van der Waals surface area contributed by atoms with E-state index in [1.165, 1.54) is 25.2 Å². The molecular weight excluding hydrogens is 254 g/mol. The van der Waals surface area contributed by atoms with Gasteiger partial charge in [-0.2, -0.15) is 0 Å². The van der Waals surface area contributed by atoms with Gasteiger partial charge in [-0.3, -0.25) is 4.79 Å². The molecule has 0 saturated carbocycles. The number of hydrogen-bond acceptors (Lipinski definition) is 5. The number of likely N-dealkylation sites (N-methyl/N-ethyl adjacent to an activating group) is 1. The number of rotatable bonds is 2. The maximum absolute atomic E-state index is 12.7. The average molecular weight is 275 g/mol. The number of anilines is 1. The molecule has 6 heteroatoms. The van der Waals surface area contributed by atoms with Gasteiger partial charge in [-0.05, 0) is 39.3 Å². The second kappa shape index (κ2) is 5.36. The maximum Gasteiger partial charge on any atom is 0.276 e. The topological polar surface area (TPSA) is 75.3 Å². The number of hydrogen-bond donors (Lipinski definition) is 1. The normalized spacial score (nSPS) is 27.1. The first kappa shape index (κ1) is 13.3. The van der Waals surface area contributed by atoms with Crippen LogP contribution in [0.5, 0.6) is 0 Å². The molecule has 2 fully saturated rings. The number of aromatic nitrogens is 2. The number of amides is 1. The SMILES string of the molecule is CN1CCC[C@H]1[C@H]1CCCN1C(=O)c1nccnc1N. The van der Waals surface area contributed by atoms with Crippen molar-refractivity contribution in [2.45, 2.75) is 37.8 Å². The van der Waals surface area contributed by atoms with Crippen LogP contribution in [0.2, 0.25) is 0 Å². The van der Waals surface area contributed by atoms with E-state index >= 15 is 0 Å². The summed E-state index contributed by atoms with van der Waals surface area (Å²) in [5.41, 5.74) is 6.08. The van der Waals surface area contributed by atoms with Crippen LogP contribution in [-0.2, 0) is 0 Å². The third-order valence-electron chi connectivity index (χ3n) is 4.51. The van der Waals surface area contributed by atoms with Crippen LogP contribution in [-0.4, -0.2) is 57.9 Å².